The molecule has 0 unspecified atom stereocenters. The van der Waals surface area contributed by atoms with E-state index in [0.29, 0.717) is 15.7 Å². The molecule has 0 spiro atoms. The van der Waals surface area contributed by atoms with E-state index in [-0.39, 0.29) is 5.41 Å². The zero-order valence-corrected chi connectivity index (χ0v) is 13.6. The first-order valence-electron chi connectivity index (χ1n) is 6.49. The molecular weight excluding hydrogens is 309 g/mol. The highest BCUT2D eigenvalue weighted by Crippen LogP contribution is 2.30. The van der Waals surface area contributed by atoms with Crippen molar-refractivity contribution >= 4 is 35.0 Å². The second kappa shape index (κ2) is 6.18. The van der Waals surface area contributed by atoms with Gasteiger partial charge >= 0.3 is 0 Å². The molecule has 21 heavy (non-hydrogen) atoms. The number of hydrogen-bond acceptors (Lipinski definition) is 3. The van der Waals surface area contributed by atoms with E-state index in [4.69, 9.17) is 23.2 Å². The molecule has 0 bridgehead atoms. The zero-order valence-electron chi connectivity index (χ0n) is 12.1. The van der Waals surface area contributed by atoms with Crippen LogP contribution >= 0.6 is 23.2 Å². The lowest BCUT2D eigenvalue weighted by Crippen LogP contribution is -2.29. The van der Waals surface area contributed by atoms with Crippen molar-refractivity contribution in [1.29, 1.82) is 0 Å². The molecule has 0 saturated carbocycles. The SMILES string of the molecule is CC(C)(C)[C@H](O)/C(=C\c1ccc(Cl)cc1Cl)n1cncn1. The molecule has 0 fully saturated rings. The Kier molecular flexibility index (Phi) is 4.71. The van der Waals surface area contributed by atoms with Gasteiger partial charge in [0.05, 0.1) is 5.70 Å². The van der Waals surface area contributed by atoms with Gasteiger partial charge < -0.3 is 5.11 Å². The van der Waals surface area contributed by atoms with Crippen molar-refractivity contribution in [3.63, 3.8) is 0 Å². The molecule has 0 radical (unpaired) electrons. The van der Waals surface area contributed by atoms with Gasteiger partial charge in [-0.25, -0.2) is 9.67 Å². The molecule has 0 saturated heterocycles. The summed E-state index contributed by atoms with van der Waals surface area (Å²) in [5.41, 5.74) is 1.01. The Bertz CT molecular complexity index is 645. The van der Waals surface area contributed by atoms with Crippen LogP contribution in [0.3, 0.4) is 0 Å². The number of benzene rings is 1. The monoisotopic (exact) mass is 325 g/mol. The fourth-order valence-corrected chi connectivity index (χ4v) is 2.30. The predicted molar refractivity (Wildman–Crippen MR) is 86.1 cm³/mol. The summed E-state index contributed by atoms with van der Waals surface area (Å²) in [6.07, 6.45) is 4.03. The van der Waals surface area contributed by atoms with Crippen molar-refractivity contribution < 1.29 is 5.11 Å². The summed E-state index contributed by atoms with van der Waals surface area (Å²) in [6.45, 7) is 5.85. The molecule has 0 aliphatic heterocycles. The predicted octanol–water partition coefficient (Wildman–Crippen LogP) is 3.99. The third kappa shape index (κ3) is 3.84. The molecule has 0 aliphatic carbocycles. The summed E-state index contributed by atoms with van der Waals surface area (Å²) in [5.74, 6) is 0. The van der Waals surface area contributed by atoms with Crippen LogP contribution in [0.2, 0.25) is 10.0 Å². The number of aromatic nitrogens is 3. The van der Waals surface area contributed by atoms with Crippen LogP contribution in [-0.4, -0.2) is 26.0 Å². The van der Waals surface area contributed by atoms with E-state index in [1.165, 1.54) is 6.33 Å². The highest BCUT2D eigenvalue weighted by Gasteiger charge is 2.27. The first kappa shape index (κ1) is 16.0. The molecule has 1 N–H and O–H groups in total. The Balaban J connectivity index is 2.52. The van der Waals surface area contributed by atoms with Crippen molar-refractivity contribution in [3.05, 3.63) is 46.5 Å². The molecule has 112 valence electrons. The molecule has 0 amide bonds. The van der Waals surface area contributed by atoms with Crippen LogP contribution in [0.4, 0.5) is 0 Å². The summed E-state index contributed by atoms with van der Waals surface area (Å²) in [5, 5.41) is 15.8. The minimum atomic E-state index is -0.731. The smallest absolute Gasteiger partial charge is 0.138 e. The van der Waals surface area contributed by atoms with Gasteiger partial charge in [0.1, 0.15) is 18.8 Å². The molecule has 1 aromatic carbocycles. The van der Waals surface area contributed by atoms with Crippen LogP contribution in [0.5, 0.6) is 0 Å². The molecule has 1 atom stereocenters. The van der Waals surface area contributed by atoms with Gasteiger partial charge in [-0.2, -0.15) is 5.10 Å². The molecular formula is C15H17Cl2N3O. The van der Waals surface area contributed by atoms with Gasteiger partial charge in [-0.1, -0.05) is 50.0 Å². The van der Waals surface area contributed by atoms with Crippen molar-refractivity contribution in [2.75, 3.05) is 0 Å². The van der Waals surface area contributed by atoms with Gasteiger partial charge in [0, 0.05) is 10.0 Å². The third-order valence-electron chi connectivity index (χ3n) is 3.05. The van der Waals surface area contributed by atoms with E-state index in [1.807, 2.05) is 20.8 Å². The fraction of sp³-hybridized carbons (Fsp3) is 0.333. The molecule has 0 aliphatic rings. The van der Waals surface area contributed by atoms with E-state index in [2.05, 4.69) is 10.1 Å². The van der Waals surface area contributed by atoms with Crippen LogP contribution in [-0.2, 0) is 0 Å². The molecule has 1 heterocycles. The third-order valence-corrected chi connectivity index (χ3v) is 3.61. The highest BCUT2D eigenvalue weighted by molar-refractivity contribution is 6.35. The largest absolute Gasteiger partial charge is 0.386 e. The lowest BCUT2D eigenvalue weighted by Gasteiger charge is -2.28. The molecule has 1 aromatic heterocycles. The van der Waals surface area contributed by atoms with Crippen molar-refractivity contribution in [2.45, 2.75) is 26.9 Å². The van der Waals surface area contributed by atoms with E-state index in [0.717, 1.165) is 5.56 Å². The number of aliphatic hydroxyl groups is 1. The number of hydrogen-bond donors (Lipinski definition) is 1. The van der Waals surface area contributed by atoms with Crippen LogP contribution in [0.1, 0.15) is 26.3 Å². The maximum Gasteiger partial charge on any atom is 0.138 e. The lowest BCUT2D eigenvalue weighted by molar-refractivity contribution is 0.109. The van der Waals surface area contributed by atoms with E-state index in [9.17, 15) is 5.11 Å². The van der Waals surface area contributed by atoms with E-state index < -0.39 is 6.10 Å². The molecule has 2 aromatic rings. The van der Waals surface area contributed by atoms with Crippen LogP contribution in [0.25, 0.3) is 11.8 Å². The number of nitrogens with zero attached hydrogens (tertiary/aromatic N) is 3. The Morgan fingerprint density at radius 3 is 2.57 bits per heavy atom. The van der Waals surface area contributed by atoms with Crippen molar-refractivity contribution in [2.24, 2.45) is 5.41 Å². The average molecular weight is 326 g/mol. The Hall–Kier alpha value is -1.36. The number of halogens is 2. The normalized spacial score (nSPS) is 14.3. The minimum absolute atomic E-state index is 0.351. The zero-order chi connectivity index (χ0) is 15.6. The van der Waals surface area contributed by atoms with Crippen LogP contribution in [0, 0.1) is 5.41 Å². The summed E-state index contributed by atoms with van der Waals surface area (Å²) >= 11 is 12.1. The maximum absolute atomic E-state index is 10.6. The van der Waals surface area contributed by atoms with Gasteiger partial charge in [-0.3, -0.25) is 0 Å². The standard InChI is InChI=1S/C15H17Cl2N3O/c1-15(2,3)14(21)13(20-9-18-8-19-20)6-10-4-5-11(16)7-12(10)17/h4-9,14,21H,1-3H3/b13-6+/t14-/m1/s1. The minimum Gasteiger partial charge on any atom is -0.386 e. The fourth-order valence-electron chi connectivity index (χ4n) is 1.83. The Morgan fingerprint density at radius 1 is 1.33 bits per heavy atom. The lowest BCUT2D eigenvalue weighted by atomic mass is 9.86. The van der Waals surface area contributed by atoms with Crippen molar-refractivity contribution in [1.82, 2.24) is 14.8 Å². The Labute approximate surface area is 134 Å². The summed E-state index contributed by atoms with van der Waals surface area (Å²) in [7, 11) is 0. The second-order valence-electron chi connectivity index (χ2n) is 5.84. The van der Waals surface area contributed by atoms with Crippen LogP contribution < -0.4 is 0 Å². The highest BCUT2D eigenvalue weighted by atomic mass is 35.5. The second-order valence-corrected chi connectivity index (χ2v) is 6.69. The quantitative estimate of drug-likeness (QED) is 0.928. The van der Waals surface area contributed by atoms with E-state index >= 15 is 0 Å². The van der Waals surface area contributed by atoms with Gasteiger partial charge in [0.25, 0.3) is 0 Å². The average Bonchev–Trinajstić information content (AvgIpc) is 2.90. The van der Waals surface area contributed by atoms with Gasteiger partial charge in [-0.15, -0.1) is 0 Å². The van der Waals surface area contributed by atoms with Gasteiger partial charge in [0.2, 0.25) is 0 Å². The maximum atomic E-state index is 10.6. The van der Waals surface area contributed by atoms with Crippen molar-refractivity contribution in [3.8, 4) is 0 Å². The number of aliphatic hydroxyl groups excluding tert-OH is 1. The molecule has 4 nitrogen and oxygen atoms in total. The topological polar surface area (TPSA) is 50.9 Å². The molecule has 6 heteroatoms. The Morgan fingerprint density at radius 2 is 2.05 bits per heavy atom. The first-order chi connectivity index (χ1) is 9.79. The van der Waals surface area contributed by atoms with Gasteiger partial charge in [-0.05, 0) is 29.2 Å². The summed E-state index contributed by atoms with van der Waals surface area (Å²) in [4.78, 5) is 3.93. The number of rotatable bonds is 3. The molecule has 2 rings (SSSR count). The summed E-state index contributed by atoms with van der Waals surface area (Å²) < 4.78 is 1.54. The van der Waals surface area contributed by atoms with Gasteiger partial charge in [0.15, 0.2) is 0 Å². The van der Waals surface area contributed by atoms with Crippen LogP contribution in [0.15, 0.2) is 30.9 Å². The first-order valence-corrected chi connectivity index (χ1v) is 7.24. The summed E-state index contributed by atoms with van der Waals surface area (Å²) in [6, 6.07) is 5.22. The van der Waals surface area contributed by atoms with E-state index in [1.54, 1.807) is 35.3 Å².